The van der Waals surface area contributed by atoms with Crippen LogP contribution >= 0.6 is 12.1 Å². The molecule has 10 nitrogen and oxygen atoms in total. The van der Waals surface area contributed by atoms with E-state index in [4.69, 9.17) is 0 Å². The van der Waals surface area contributed by atoms with Crippen molar-refractivity contribution in [1.29, 1.82) is 0 Å². The summed E-state index contributed by atoms with van der Waals surface area (Å²) in [7, 11) is 0. The molecule has 3 rings (SSSR count). The highest BCUT2D eigenvalue weighted by Crippen LogP contribution is 2.29. The molecule has 0 amide bonds. The Labute approximate surface area is 232 Å². The third kappa shape index (κ3) is 18.1. The molecule has 3 heterocycles. The van der Waals surface area contributed by atoms with Gasteiger partial charge >= 0.3 is 30.6 Å². The molecule has 0 aliphatic rings. The van der Waals surface area contributed by atoms with Crippen LogP contribution in [-0.4, -0.2) is 45.5 Å². The Morgan fingerprint density at radius 2 is 0.977 bits per heavy atom. The average Bonchev–Trinajstić information content (AvgIpc) is 3.63. The van der Waals surface area contributed by atoms with Gasteiger partial charge in [-0.2, -0.15) is 89.2 Å². The molecule has 0 aliphatic carbocycles. The standard InChI is InChI=1S/C5HF6N3.C3HF4N3O.C3HF4N3S.2C2H2F2/c6-1(2(7)8)3-12-4(14-13-3)5(9,10)11;2*4-3(5,6)1-8-2(11-7)10-9-1;2*1-2(3)4/h(H,12,13,14);2*(H,8,9,10);2*1H2. The van der Waals surface area contributed by atoms with Crippen LogP contribution < -0.4 is 4.94 Å². The Kier molecular flexibility index (Phi) is 17.3. The van der Waals surface area contributed by atoms with E-state index in [-0.39, 0.29) is 0 Å². The summed E-state index contributed by atoms with van der Waals surface area (Å²) in [6.45, 7) is 4.44. The maximum atomic E-state index is 12.3. The van der Waals surface area contributed by atoms with Crippen LogP contribution in [0.15, 0.2) is 36.6 Å². The van der Waals surface area contributed by atoms with E-state index in [1.54, 1.807) is 5.10 Å². The van der Waals surface area contributed by atoms with Crippen LogP contribution in [0.5, 0.6) is 6.01 Å². The van der Waals surface area contributed by atoms with Gasteiger partial charge in [-0.15, -0.1) is 10.2 Å². The normalized spacial score (nSPS) is 10.8. The van der Waals surface area contributed by atoms with Crippen molar-refractivity contribution >= 4 is 18.0 Å². The van der Waals surface area contributed by atoms with E-state index < -0.39 is 89.2 Å². The number of H-pyrrole nitrogens is 3. The smallest absolute Gasteiger partial charge is 0.255 e. The van der Waals surface area contributed by atoms with E-state index in [9.17, 15) is 78.7 Å². The van der Waals surface area contributed by atoms with Gasteiger partial charge in [0.05, 0.1) is 0 Å². The van der Waals surface area contributed by atoms with Gasteiger partial charge in [0.15, 0.2) is 0 Å². The number of hydrogen-bond donors (Lipinski definition) is 3. The van der Waals surface area contributed by atoms with Gasteiger partial charge in [-0.05, 0) is 13.2 Å². The van der Waals surface area contributed by atoms with Gasteiger partial charge in [0, 0.05) is 4.53 Å². The summed E-state index contributed by atoms with van der Waals surface area (Å²) >= 11 is -0.448. The summed E-state index contributed by atoms with van der Waals surface area (Å²) in [4.78, 5) is 10.7. The average molecular weight is 703 g/mol. The maximum Gasteiger partial charge on any atom is 0.451 e. The third-order valence-corrected chi connectivity index (χ3v) is 3.04. The van der Waals surface area contributed by atoms with Gasteiger partial charge in [-0.1, -0.05) is 0 Å². The highest BCUT2D eigenvalue weighted by atomic mass is 32.2. The van der Waals surface area contributed by atoms with Gasteiger partial charge in [0.1, 0.15) is 12.1 Å². The van der Waals surface area contributed by atoms with Crippen LogP contribution in [0.25, 0.3) is 5.83 Å². The summed E-state index contributed by atoms with van der Waals surface area (Å²) < 4.78 is 204. The van der Waals surface area contributed by atoms with Crippen molar-refractivity contribution in [2.45, 2.75) is 23.7 Å². The topological polar surface area (TPSA) is 134 Å². The monoisotopic (exact) mass is 703 g/mol. The minimum absolute atomic E-state index is 0.448. The second-order valence-corrected chi connectivity index (χ2v) is 6.36. The molecular formula is C15H7F18N9OS. The maximum absolute atomic E-state index is 12.3. The summed E-state index contributed by atoms with van der Waals surface area (Å²) in [6, 6.07) is -0.989. The van der Waals surface area contributed by atoms with E-state index in [0.29, 0.717) is 0 Å². The Morgan fingerprint density at radius 3 is 1.23 bits per heavy atom. The van der Waals surface area contributed by atoms with Crippen molar-refractivity contribution in [3.05, 3.63) is 54.7 Å². The zero-order chi connectivity index (χ0) is 35.1. The number of halogens is 18. The van der Waals surface area contributed by atoms with Crippen LogP contribution in [0, 0.1) is 0 Å². The molecule has 29 heteroatoms. The number of nitrogens with one attached hydrogen (secondary N) is 3. The third-order valence-electron chi connectivity index (χ3n) is 2.72. The quantitative estimate of drug-likeness (QED) is 0.234. The van der Waals surface area contributed by atoms with Crippen molar-refractivity contribution in [2.24, 2.45) is 0 Å². The molecule has 0 fully saturated rings. The number of alkyl halides is 9. The Balaban J connectivity index is 0. The van der Waals surface area contributed by atoms with Crippen LogP contribution in [0.2, 0.25) is 0 Å². The first-order chi connectivity index (χ1) is 19.9. The Morgan fingerprint density at radius 1 is 0.614 bits per heavy atom. The minimum Gasteiger partial charge on any atom is -0.255 e. The van der Waals surface area contributed by atoms with Crippen molar-refractivity contribution in [3.63, 3.8) is 0 Å². The first-order valence-corrected chi connectivity index (χ1v) is 9.85. The Hall–Kier alpha value is -4.47. The second kappa shape index (κ2) is 18.3. The molecule has 0 aliphatic heterocycles. The molecule has 0 saturated heterocycles. The summed E-state index contributed by atoms with van der Waals surface area (Å²) in [5.74, 6) is -7.83. The number of rotatable bonds is 3. The lowest BCUT2D eigenvalue weighted by atomic mass is 10.5. The highest BCUT2D eigenvalue weighted by molar-refractivity contribution is 7.94. The van der Waals surface area contributed by atoms with Crippen LogP contribution in [-0.2, 0) is 18.5 Å². The molecule has 0 unspecified atom stereocenters. The molecule has 3 aromatic heterocycles. The Bertz CT molecular complexity index is 1250. The molecule has 0 saturated carbocycles. The highest BCUT2D eigenvalue weighted by Gasteiger charge is 2.37. The minimum atomic E-state index is -4.88. The zero-order valence-electron chi connectivity index (χ0n) is 19.7. The SMILES string of the molecule is C=C(F)F.C=C(F)F.FC(F)=C(F)c1n[nH]c(C(F)(F)F)n1.FOc1n[nH]c(C(F)(F)F)n1.FSc1n[nH]c(C(F)(F)F)n1. The fourth-order valence-corrected chi connectivity index (χ4v) is 1.59. The molecule has 3 aromatic rings. The number of hydrogen-bond acceptors (Lipinski definition) is 8. The van der Waals surface area contributed by atoms with E-state index in [2.05, 4.69) is 48.3 Å². The van der Waals surface area contributed by atoms with Crippen molar-refractivity contribution in [2.75, 3.05) is 0 Å². The predicted octanol–water partition coefficient (Wildman–Crippen LogP) is 8.04. The number of nitrogens with zero attached hydrogens (tertiary/aromatic N) is 6. The lowest BCUT2D eigenvalue weighted by Gasteiger charge is -1.97. The zero-order valence-corrected chi connectivity index (χ0v) is 20.5. The molecule has 3 N–H and O–H groups in total. The molecule has 0 radical (unpaired) electrons. The van der Waals surface area contributed by atoms with Gasteiger partial charge in [-0.3, -0.25) is 15.3 Å². The molecule has 0 aromatic carbocycles. The molecular weight excluding hydrogens is 696 g/mol. The lowest BCUT2D eigenvalue weighted by Crippen LogP contribution is -2.07. The number of aromatic nitrogens is 9. The lowest BCUT2D eigenvalue weighted by molar-refractivity contribution is -0.145. The second-order valence-electron chi connectivity index (χ2n) is 5.84. The largest absolute Gasteiger partial charge is 0.451 e. The predicted molar refractivity (Wildman–Crippen MR) is 106 cm³/mol. The van der Waals surface area contributed by atoms with Crippen LogP contribution in [0.1, 0.15) is 23.3 Å². The molecule has 0 atom stereocenters. The van der Waals surface area contributed by atoms with E-state index in [1.165, 1.54) is 10.2 Å². The summed E-state index contributed by atoms with van der Waals surface area (Å²) in [5, 5.41) is 12.0. The number of aromatic amines is 3. The van der Waals surface area contributed by atoms with Gasteiger partial charge in [0.2, 0.25) is 34.3 Å². The van der Waals surface area contributed by atoms with Crippen molar-refractivity contribution in [3.8, 4) is 6.01 Å². The molecule has 0 spiro atoms. The van der Waals surface area contributed by atoms with Gasteiger partial charge in [0.25, 0.3) is 12.2 Å². The van der Waals surface area contributed by atoms with Crippen LogP contribution in [0.4, 0.5) is 78.7 Å². The molecule has 0 bridgehead atoms. The van der Waals surface area contributed by atoms with Crippen LogP contribution in [0.3, 0.4) is 0 Å². The van der Waals surface area contributed by atoms with Crippen molar-refractivity contribution < 1.29 is 83.6 Å². The molecule has 250 valence electrons. The van der Waals surface area contributed by atoms with E-state index >= 15 is 0 Å². The summed E-state index contributed by atoms with van der Waals surface area (Å²) in [5.41, 5.74) is 0. The van der Waals surface area contributed by atoms with E-state index in [1.807, 2.05) is 0 Å². The van der Waals surface area contributed by atoms with E-state index in [0.717, 1.165) is 0 Å². The van der Waals surface area contributed by atoms with Gasteiger partial charge in [-0.25, -0.2) is 9.93 Å². The fraction of sp³-hybridized carbons (Fsp3) is 0.200. The first-order valence-electron chi connectivity index (χ1n) is 9.13. The summed E-state index contributed by atoms with van der Waals surface area (Å²) in [6.07, 6.45) is -20.6. The molecule has 44 heavy (non-hydrogen) atoms. The fourth-order valence-electron chi connectivity index (χ4n) is 1.39. The van der Waals surface area contributed by atoms with Crippen molar-refractivity contribution in [1.82, 2.24) is 45.5 Å². The first kappa shape index (κ1) is 41.7. The van der Waals surface area contributed by atoms with Gasteiger partial charge < -0.3 is 0 Å².